The lowest BCUT2D eigenvalue weighted by Crippen LogP contribution is -2.31. The van der Waals surface area contributed by atoms with Gasteiger partial charge in [-0.15, -0.1) is 13.2 Å². The Morgan fingerprint density at radius 3 is 1.71 bits per heavy atom. The Bertz CT molecular complexity index is 326. The zero-order valence-electron chi connectivity index (χ0n) is 9.98. The van der Waals surface area contributed by atoms with Gasteiger partial charge in [0.25, 0.3) is 0 Å². The van der Waals surface area contributed by atoms with E-state index in [0.717, 1.165) is 12.2 Å². The molecule has 3 nitrogen and oxygen atoms in total. The average molecular weight is 250 g/mol. The van der Waals surface area contributed by atoms with Gasteiger partial charge in [-0.1, -0.05) is 42.7 Å². The van der Waals surface area contributed by atoms with E-state index in [9.17, 15) is 9.59 Å². The third-order valence-corrected chi connectivity index (χ3v) is 7.35. The second-order valence-corrected chi connectivity index (χ2v) is 8.56. The van der Waals surface area contributed by atoms with Gasteiger partial charge in [-0.25, -0.2) is 9.59 Å². The number of carbonyl (C=O) groups excluding carboxylic acids is 2. The zero-order chi connectivity index (χ0) is 12.7. The first-order valence-electron chi connectivity index (χ1n) is 5.83. The van der Waals surface area contributed by atoms with E-state index in [1.165, 1.54) is 31.4 Å². The molecular formula is C13H18O3Si. The molecule has 1 saturated heterocycles. The quantitative estimate of drug-likeness (QED) is 0.430. The van der Waals surface area contributed by atoms with E-state index in [-0.39, 0.29) is 0 Å². The lowest BCUT2D eigenvalue weighted by atomic mass is 10.3. The Labute approximate surface area is 103 Å². The Morgan fingerprint density at radius 1 is 1.00 bits per heavy atom. The van der Waals surface area contributed by atoms with E-state index in [0.29, 0.717) is 0 Å². The molecule has 0 aromatic heterocycles. The Morgan fingerprint density at radius 2 is 1.47 bits per heavy atom. The molecule has 0 aromatic rings. The van der Waals surface area contributed by atoms with Gasteiger partial charge in [0, 0.05) is 12.2 Å². The average Bonchev–Trinajstić information content (AvgIpc) is 2.75. The van der Waals surface area contributed by atoms with Crippen molar-refractivity contribution >= 4 is 20.0 Å². The molecule has 2 aliphatic heterocycles. The van der Waals surface area contributed by atoms with Crippen molar-refractivity contribution in [2.45, 2.75) is 31.4 Å². The van der Waals surface area contributed by atoms with Crippen LogP contribution in [0, 0.1) is 0 Å². The fraction of sp³-hybridized carbons (Fsp3) is 0.385. The normalized spacial score (nSPS) is 21.2. The summed E-state index contributed by atoms with van der Waals surface area (Å²) >= 11 is 0. The molecule has 4 heteroatoms. The number of hydrogen-bond acceptors (Lipinski definition) is 3. The summed E-state index contributed by atoms with van der Waals surface area (Å²) < 4.78 is 3.97. The standard InChI is InChI=1S/C9H16Si.C4H2O3/c1-3-10(4-2)8-6-5-7-9-10;5-3-1-2-4(6)7-3/h3-4H,1-2,5-9H2;1-2H. The molecule has 0 amide bonds. The van der Waals surface area contributed by atoms with Gasteiger partial charge < -0.3 is 4.74 Å². The van der Waals surface area contributed by atoms with Crippen LogP contribution in [0.25, 0.3) is 0 Å². The first-order chi connectivity index (χ1) is 8.12. The number of rotatable bonds is 2. The molecule has 1 fully saturated rings. The summed E-state index contributed by atoms with van der Waals surface area (Å²) in [7, 11) is -1.10. The van der Waals surface area contributed by atoms with Crippen LogP contribution in [-0.4, -0.2) is 20.0 Å². The first kappa shape index (κ1) is 13.6. The molecule has 17 heavy (non-hydrogen) atoms. The van der Waals surface area contributed by atoms with Crippen molar-refractivity contribution in [2.75, 3.05) is 0 Å². The Balaban J connectivity index is 0.000000181. The van der Waals surface area contributed by atoms with Gasteiger partial charge in [0.2, 0.25) is 0 Å². The molecule has 2 rings (SSSR count). The van der Waals surface area contributed by atoms with Crippen molar-refractivity contribution in [2.24, 2.45) is 0 Å². The lowest BCUT2D eigenvalue weighted by Gasteiger charge is -2.28. The van der Waals surface area contributed by atoms with Crippen molar-refractivity contribution in [3.05, 3.63) is 36.7 Å². The minimum absolute atomic E-state index is 0.579. The van der Waals surface area contributed by atoms with Gasteiger partial charge in [-0.3, -0.25) is 0 Å². The van der Waals surface area contributed by atoms with Crippen LogP contribution in [0.2, 0.25) is 12.1 Å². The van der Waals surface area contributed by atoms with Crippen molar-refractivity contribution in [1.82, 2.24) is 0 Å². The van der Waals surface area contributed by atoms with E-state index >= 15 is 0 Å². The Kier molecular flexibility index (Phi) is 5.09. The molecule has 0 N–H and O–H groups in total. The van der Waals surface area contributed by atoms with E-state index < -0.39 is 20.0 Å². The van der Waals surface area contributed by atoms with Crippen LogP contribution in [0.15, 0.2) is 36.7 Å². The van der Waals surface area contributed by atoms with E-state index in [1.807, 2.05) is 0 Å². The second-order valence-electron chi connectivity index (χ2n) is 4.28. The number of cyclic esters (lactones) is 2. The molecule has 0 bridgehead atoms. The smallest absolute Gasteiger partial charge is 0.338 e. The van der Waals surface area contributed by atoms with Gasteiger partial charge in [-0.05, 0) is 0 Å². The second kappa shape index (κ2) is 6.35. The summed E-state index contributed by atoms with van der Waals surface area (Å²) in [4.78, 5) is 19.8. The maximum atomic E-state index is 9.92. The highest BCUT2D eigenvalue weighted by molar-refractivity contribution is 6.88. The fourth-order valence-corrected chi connectivity index (χ4v) is 5.05. The summed E-state index contributed by atoms with van der Waals surface area (Å²) in [6, 6.07) is 2.81. The van der Waals surface area contributed by atoms with Crippen molar-refractivity contribution in [3.8, 4) is 0 Å². The van der Waals surface area contributed by atoms with Crippen LogP contribution in [0.5, 0.6) is 0 Å². The highest BCUT2D eigenvalue weighted by Gasteiger charge is 2.27. The third-order valence-electron chi connectivity index (χ3n) is 3.15. The molecule has 0 aliphatic carbocycles. The molecule has 0 aromatic carbocycles. The minimum Gasteiger partial charge on any atom is -0.387 e. The van der Waals surface area contributed by atoms with Gasteiger partial charge in [-0.2, -0.15) is 0 Å². The van der Waals surface area contributed by atoms with Crippen LogP contribution in [0.3, 0.4) is 0 Å². The van der Waals surface area contributed by atoms with Crippen LogP contribution in [0.4, 0.5) is 0 Å². The number of hydrogen-bond donors (Lipinski definition) is 0. The third kappa shape index (κ3) is 4.15. The molecule has 2 heterocycles. The van der Waals surface area contributed by atoms with Crippen molar-refractivity contribution in [1.29, 1.82) is 0 Å². The zero-order valence-corrected chi connectivity index (χ0v) is 11.0. The molecular weight excluding hydrogens is 232 g/mol. The molecule has 0 radical (unpaired) electrons. The highest BCUT2D eigenvalue weighted by Crippen LogP contribution is 2.29. The summed E-state index contributed by atoms with van der Waals surface area (Å²) in [6.07, 6.45) is 6.41. The number of ether oxygens (including phenoxy) is 1. The molecule has 0 unspecified atom stereocenters. The van der Waals surface area contributed by atoms with Crippen molar-refractivity contribution < 1.29 is 14.3 Å². The lowest BCUT2D eigenvalue weighted by molar-refractivity contribution is -0.150. The molecule has 0 saturated carbocycles. The van der Waals surface area contributed by atoms with Gasteiger partial charge in [0.1, 0.15) is 8.07 Å². The summed E-state index contributed by atoms with van der Waals surface area (Å²) in [5.74, 6) is -1.16. The van der Waals surface area contributed by atoms with Crippen LogP contribution in [0.1, 0.15) is 19.3 Å². The van der Waals surface area contributed by atoms with Gasteiger partial charge in [0.15, 0.2) is 0 Å². The van der Waals surface area contributed by atoms with Gasteiger partial charge >= 0.3 is 11.9 Å². The van der Waals surface area contributed by atoms with E-state index in [4.69, 9.17) is 0 Å². The summed E-state index contributed by atoms with van der Waals surface area (Å²) in [5, 5.41) is 0. The largest absolute Gasteiger partial charge is 0.387 e. The minimum atomic E-state index is -1.10. The maximum Gasteiger partial charge on any atom is 0.338 e. The first-order valence-corrected chi connectivity index (χ1v) is 8.40. The van der Waals surface area contributed by atoms with Gasteiger partial charge in [0.05, 0.1) is 0 Å². The topological polar surface area (TPSA) is 43.4 Å². The molecule has 2 aliphatic rings. The molecule has 0 spiro atoms. The van der Waals surface area contributed by atoms with Crippen LogP contribution in [-0.2, 0) is 14.3 Å². The Hall–Kier alpha value is -1.42. The predicted molar refractivity (Wildman–Crippen MR) is 69.9 cm³/mol. The van der Waals surface area contributed by atoms with E-state index in [2.05, 4.69) is 29.3 Å². The highest BCUT2D eigenvalue weighted by atomic mass is 28.3. The maximum absolute atomic E-state index is 9.92. The summed E-state index contributed by atoms with van der Waals surface area (Å²) in [5.41, 5.74) is 4.42. The van der Waals surface area contributed by atoms with Crippen LogP contribution < -0.4 is 0 Å². The van der Waals surface area contributed by atoms with Crippen LogP contribution >= 0.6 is 0 Å². The number of esters is 2. The fourth-order valence-electron chi connectivity index (χ4n) is 2.00. The molecule has 92 valence electrons. The van der Waals surface area contributed by atoms with Crippen molar-refractivity contribution in [3.63, 3.8) is 0 Å². The monoisotopic (exact) mass is 250 g/mol. The predicted octanol–water partition coefficient (Wildman–Crippen LogP) is 2.70. The molecule has 0 atom stereocenters. The number of carbonyl (C=O) groups is 2. The SMILES string of the molecule is C=C[Si]1(C=C)CCCCC1.O=C1C=CC(=O)O1. The summed E-state index contributed by atoms with van der Waals surface area (Å²) in [6.45, 7) is 7.84. The van der Waals surface area contributed by atoms with E-state index in [1.54, 1.807) is 0 Å².